The Kier molecular flexibility index (Phi) is 7.44. The van der Waals surface area contributed by atoms with Crippen LogP contribution in [0.1, 0.15) is 25.7 Å². The molecule has 0 aromatic rings. The molecule has 0 bridgehead atoms. The van der Waals surface area contributed by atoms with Gasteiger partial charge in [-0.1, -0.05) is 6.42 Å². The Morgan fingerprint density at radius 2 is 2.10 bits per heavy atom. The molecule has 1 N–H and O–H groups in total. The van der Waals surface area contributed by atoms with Gasteiger partial charge in [-0.3, -0.25) is 9.59 Å². The highest BCUT2D eigenvalue weighted by atomic mass is 16.1. The van der Waals surface area contributed by atoms with Gasteiger partial charge in [-0.2, -0.15) is 0 Å². The second-order valence-electron chi connectivity index (χ2n) is 2.03. The van der Waals surface area contributed by atoms with Gasteiger partial charge in [-0.05, 0) is 12.8 Å². The summed E-state index contributed by atoms with van der Waals surface area (Å²) < 4.78 is 0. The zero-order chi connectivity index (χ0) is 7.66. The Labute approximate surface area is 60.8 Å². The molecule has 0 spiro atoms. The summed E-state index contributed by atoms with van der Waals surface area (Å²) in [6.07, 6.45) is 5.83. The molecule has 10 heavy (non-hydrogen) atoms. The molecule has 0 heterocycles. The molecule has 1 amide bonds. The minimum atomic E-state index is 0.515. The number of hydrogen-bond donors (Lipinski definition) is 1. The molecule has 0 atom stereocenters. The summed E-state index contributed by atoms with van der Waals surface area (Å²) >= 11 is 0. The maximum Gasteiger partial charge on any atom is 0.207 e. The fourth-order valence-electron chi connectivity index (χ4n) is 0.660. The standard InChI is InChI=1S/C7H12NO2/c9-6-4-2-1-3-5-8-7-10/h7H,1-5H2,(H,8,10). The van der Waals surface area contributed by atoms with Crippen molar-refractivity contribution in [1.82, 2.24) is 5.32 Å². The summed E-state index contributed by atoms with van der Waals surface area (Å²) in [5.41, 5.74) is 0. The molecule has 57 valence electrons. The van der Waals surface area contributed by atoms with E-state index in [0.29, 0.717) is 19.4 Å². The first kappa shape index (κ1) is 9.14. The van der Waals surface area contributed by atoms with Gasteiger partial charge >= 0.3 is 0 Å². The molecule has 0 unspecified atom stereocenters. The number of nitrogens with one attached hydrogen (secondary N) is 1. The predicted molar refractivity (Wildman–Crippen MR) is 38.2 cm³/mol. The highest BCUT2D eigenvalue weighted by Crippen LogP contribution is 1.95. The van der Waals surface area contributed by atoms with Crippen molar-refractivity contribution in [2.45, 2.75) is 25.7 Å². The van der Waals surface area contributed by atoms with Gasteiger partial charge in [-0.25, -0.2) is 0 Å². The van der Waals surface area contributed by atoms with Gasteiger partial charge < -0.3 is 5.32 Å². The molecule has 0 fully saturated rings. The lowest BCUT2D eigenvalue weighted by atomic mass is 10.2. The lowest BCUT2D eigenvalue weighted by Gasteiger charge is -1.95. The van der Waals surface area contributed by atoms with Gasteiger partial charge in [-0.15, -0.1) is 0 Å². The summed E-state index contributed by atoms with van der Waals surface area (Å²) in [7, 11) is 0. The molecule has 1 radical (unpaired) electrons. The molecule has 3 nitrogen and oxygen atoms in total. The first-order valence-electron chi connectivity index (χ1n) is 3.44. The molecule has 3 heteroatoms. The predicted octanol–water partition coefficient (Wildman–Crippen LogP) is 0.402. The number of carbonyl (C=O) groups excluding carboxylic acids is 2. The summed E-state index contributed by atoms with van der Waals surface area (Å²) in [4.78, 5) is 19.4. The van der Waals surface area contributed by atoms with Gasteiger partial charge in [0.25, 0.3) is 0 Å². The van der Waals surface area contributed by atoms with E-state index in [1.807, 2.05) is 6.29 Å². The minimum Gasteiger partial charge on any atom is -0.359 e. The van der Waals surface area contributed by atoms with Crippen LogP contribution in [0.5, 0.6) is 0 Å². The van der Waals surface area contributed by atoms with Crippen molar-refractivity contribution in [3.8, 4) is 0 Å². The second-order valence-corrected chi connectivity index (χ2v) is 2.03. The van der Waals surface area contributed by atoms with Crippen LogP contribution in [0.2, 0.25) is 0 Å². The topological polar surface area (TPSA) is 46.2 Å². The van der Waals surface area contributed by atoms with Crippen LogP contribution in [-0.4, -0.2) is 19.2 Å². The van der Waals surface area contributed by atoms with E-state index in [1.54, 1.807) is 0 Å². The summed E-state index contributed by atoms with van der Waals surface area (Å²) in [5.74, 6) is 0. The SMILES string of the molecule is O=[C]CCCCCNC=O. The molecule has 0 saturated heterocycles. The molecule has 0 aliphatic rings. The number of amides is 1. The van der Waals surface area contributed by atoms with E-state index in [-0.39, 0.29) is 0 Å². The first-order valence-corrected chi connectivity index (χ1v) is 3.44. The van der Waals surface area contributed by atoms with Crippen LogP contribution in [0.3, 0.4) is 0 Å². The number of rotatable bonds is 7. The fourth-order valence-corrected chi connectivity index (χ4v) is 0.660. The van der Waals surface area contributed by atoms with Gasteiger partial charge in [0.1, 0.15) is 0 Å². The van der Waals surface area contributed by atoms with Crippen LogP contribution in [0, 0.1) is 0 Å². The maximum atomic E-state index is 9.72. The average Bonchev–Trinajstić information content (AvgIpc) is 1.97. The normalized spacial score (nSPS) is 8.80. The Morgan fingerprint density at radius 1 is 1.30 bits per heavy atom. The quantitative estimate of drug-likeness (QED) is 0.413. The smallest absolute Gasteiger partial charge is 0.207 e. The van der Waals surface area contributed by atoms with Gasteiger partial charge in [0, 0.05) is 13.0 Å². The highest BCUT2D eigenvalue weighted by molar-refractivity contribution is 5.50. The van der Waals surface area contributed by atoms with Gasteiger partial charge in [0.05, 0.1) is 0 Å². The maximum absolute atomic E-state index is 9.72. The minimum absolute atomic E-state index is 0.515. The molecule has 0 aliphatic heterocycles. The van der Waals surface area contributed by atoms with E-state index < -0.39 is 0 Å². The molecule has 0 saturated carbocycles. The van der Waals surface area contributed by atoms with Crippen LogP contribution in [0.25, 0.3) is 0 Å². The van der Waals surface area contributed by atoms with E-state index in [4.69, 9.17) is 0 Å². The van der Waals surface area contributed by atoms with E-state index in [1.165, 1.54) is 0 Å². The van der Waals surface area contributed by atoms with E-state index in [9.17, 15) is 9.59 Å². The lowest BCUT2D eigenvalue weighted by Crippen LogP contribution is -2.11. The van der Waals surface area contributed by atoms with Crippen LogP contribution < -0.4 is 5.32 Å². The Hall–Kier alpha value is -0.860. The Bertz CT molecular complexity index is 81.6. The van der Waals surface area contributed by atoms with Crippen molar-refractivity contribution in [3.05, 3.63) is 0 Å². The van der Waals surface area contributed by atoms with Crippen molar-refractivity contribution in [3.63, 3.8) is 0 Å². The first-order chi connectivity index (χ1) is 4.91. The third kappa shape index (κ3) is 7.14. The number of hydrogen-bond acceptors (Lipinski definition) is 2. The van der Waals surface area contributed by atoms with Crippen LogP contribution in [0.15, 0.2) is 0 Å². The molecular weight excluding hydrogens is 130 g/mol. The third-order valence-corrected chi connectivity index (χ3v) is 1.18. The molecule has 0 aromatic heterocycles. The fraction of sp³-hybridized carbons (Fsp3) is 0.714. The third-order valence-electron chi connectivity index (χ3n) is 1.18. The monoisotopic (exact) mass is 142 g/mol. The molecule has 0 rings (SSSR count). The zero-order valence-corrected chi connectivity index (χ0v) is 5.93. The van der Waals surface area contributed by atoms with E-state index >= 15 is 0 Å². The van der Waals surface area contributed by atoms with Crippen LogP contribution >= 0.6 is 0 Å². The van der Waals surface area contributed by atoms with Crippen molar-refractivity contribution in [2.24, 2.45) is 0 Å². The van der Waals surface area contributed by atoms with Crippen molar-refractivity contribution < 1.29 is 9.59 Å². The number of unbranched alkanes of at least 4 members (excludes halogenated alkanes) is 3. The van der Waals surface area contributed by atoms with Gasteiger partial charge in [0.2, 0.25) is 6.41 Å². The van der Waals surface area contributed by atoms with Crippen molar-refractivity contribution >= 4 is 12.7 Å². The lowest BCUT2D eigenvalue weighted by molar-refractivity contribution is -0.109. The number of carbonyl (C=O) groups is 1. The van der Waals surface area contributed by atoms with Crippen LogP contribution in [0.4, 0.5) is 0 Å². The molecule has 0 aliphatic carbocycles. The van der Waals surface area contributed by atoms with Crippen molar-refractivity contribution in [1.29, 1.82) is 0 Å². The summed E-state index contributed by atoms with van der Waals surface area (Å²) in [6.45, 7) is 0.711. The summed E-state index contributed by atoms with van der Waals surface area (Å²) in [6, 6.07) is 0. The van der Waals surface area contributed by atoms with E-state index in [0.717, 1.165) is 19.3 Å². The van der Waals surface area contributed by atoms with E-state index in [2.05, 4.69) is 5.32 Å². The Morgan fingerprint density at radius 3 is 2.70 bits per heavy atom. The largest absolute Gasteiger partial charge is 0.359 e. The highest BCUT2D eigenvalue weighted by Gasteiger charge is 1.87. The molecular formula is C7H12NO2. The van der Waals surface area contributed by atoms with Crippen LogP contribution in [-0.2, 0) is 9.59 Å². The Balaban J connectivity index is 2.76. The summed E-state index contributed by atoms with van der Waals surface area (Å²) in [5, 5.41) is 2.55. The molecule has 0 aromatic carbocycles. The second kappa shape index (κ2) is 8.14. The van der Waals surface area contributed by atoms with Gasteiger partial charge in [0.15, 0.2) is 6.29 Å². The zero-order valence-electron chi connectivity index (χ0n) is 5.93. The van der Waals surface area contributed by atoms with Crippen molar-refractivity contribution in [2.75, 3.05) is 6.54 Å². The average molecular weight is 142 g/mol.